The van der Waals surface area contributed by atoms with Crippen LogP contribution in [0.4, 0.5) is 11.4 Å². The van der Waals surface area contributed by atoms with Gasteiger partial charge in [0.15, 0.2) is 0 Å². The fourth-order valence-electron chi connectivity index (χ4n) is 3.06. The average Bonchev–Trinajstić information content (AvgIpc) is 3.24. The molecule has 0 saturated carbocycles. The summed E-state index contributed by atoms with van der Waals surface area (Å²) in [4.78, 5) is 10.8. The van der Waals surface area contributed by atoms with E-state index in [1.807, 2.05) is 37.3 Å². The van der Waals surface area contributed by atoms with Crippen LogP contribution < -0.4 is 5.43 Å². The summed E-state index contributed by atoms with van der Waals surface area (Å²) in [5.74, 6) is 0.0163. The molecule has 1 atom stereocenters. The van der Waals surface area contributed by atoms with E-state index in [1.165, 1.54) is 16.4 Å². The first-order chi connectivity index (χ1) is 13.4. The molecular weight excluding hydrogens is 380 g/mol. The predicted octanol–water partition coefficient (Wildman–Crippen LogP) is 3.58. The number of nitrogens with zero attached hydrogens (tertiary/aromatic N) is 3. The fourth-order valence-corrected chi connectivity index (χ4v) is 4.59. The molecule has 9 heteroatoms. The van der Waals surface area contributed by atoms with E-state index in [1.54, 1.807) is 6.21 Å². The standard InChI is InChI=1S/C19H22N4O4S/c1-15(16-7-3-2-4-8-16)14-20-21-18-10-9-17(13-19(18)23(24)25)28(26,27)22-11-5-6-12-22/h2-4,7-10,13-15,21H,5-6,11-12H2,1H3/b20-14-/t15-/m1/s1. The Morgan fingerprint density at radius 3 is 2.50 bits per heavy atom. The van der Waals surface area contributed by atoms with Gasteiger partial charge in [-0.05, 0) is 30.5 Å². The average molecular weight is 402 g/mol. The molecule has 0 aliphatic carbocycles. The van der Waals surface area contributed by atoms with Crippen molar-refractivity contribution in [2.75, 3.05) is 18.5 Å². The first-order valence-electron chi connectivity index (χ1n) is 9.02. The Hall–Kier alpha value is -2.78. The maximum atomic E-state index is 12.6. The van der Waals surface area contributed by atoms with Crippen LogP contribution in [0.15, 0.2) is 58.5 Å². The summed E-state index contributed by atoms with van der Waals surface area (Å²) in [6.45, 7) is 2.84. The zero-order valence-corrected chi connectivity index (χ0v) is 16.3. The molecule has 2 aromatic rings. The largest absolute Gasteiger partial charge is 0.295 e. The van der Waals surface area contributed by atoms with Gasteiger partial charge in [0, 0.05) is 31.3 Å². The van der Waals surface area contributed by atoms with E-state index >= 15 is 0 Å². The number of anilines is 1. The zero-order valence-electron chi connectivity index (χ0n) is 15.5. The summed E-state index contributed by atoms with van der Waals surface area (Å²) in [5, 5.41) is 15.5. The Morgan fingerprint density at radius 1 is 1.18 bits per heavy atom. The van der Waals surface area contributed by atoms with Gasteiger partial charge in [0.05, 0.1) is 9.82 Å². The van der Waals surface area contributed by atoms with E-state index in [9.17, 15) is 18.5 Å². The minimum absolute atomic E-state index is 0.0163. The summed E-state index contributed by atoms with van der Waals surface area (Å²) in [7, 11) is -3.72. The highest BCUT2D eigenvalue weighted by Gasteiger charge is 2.29. The second kappa shape index (κ2) is 8.49. The van der Waals surface area contributed by atoms with Gasteiger partial charge in [-0.2, -0.15) is 9.41 Å². The summed E-state index contributed by atoms with van der Waals surface area (Å²) in [5.41, 5.74) is 3.54. The highest BCUT2D eigenvalue weighted by atomic mass is 32.2. The van der Waals surface area contributed by atoms with E-state index in [-0.39, 0.29) is 22.2 Å². The summed E-state index contributed by atoms with van der Waals surface area (Å²) >= 11 is 0. The normalized spacial score (nSPS) is 16.3. The number of hydrogen-bond acceptors (Lipinski definition) is 6. The quantitative estimate of drug-likeness (QED) is 0.433. The smallest absolute Gasteiger partial charge is 0.272 e. The van der Waals surface area contributed by atoms with E-state index < -0.39 is 14.9 Å². The van der Waals surface area contributed by atoms with Crippen LogP contribution in [0, 0.1) is 10.1 Å². The Balaban J connectivity index is 1.80. The van der Waals surface area contributed by atoms with Crippen LogP contribution in [0.25, 0.3) is 0 Å². The van der Waals surface area contributed by atoms with Crippen LogP contribution in [0.5, 0.6) is 0 Å². The van der Waals surface area contributed by atoms with Crippen molar-refractivity contribution in [1.29, 1.82) is 0 Å². The maximum Gasteiger partial charge on any atom is 0.295 e. The Morgan fingerprint density at radius 2 is 1.86 bits per heavy atom. The minimum Gasteiger partial charge on any atom is -0.272 e. The number of sulfonamides is 1. The maximum absolute atomic E-state index is 12.6. The predicted molar refractivity (Wildman–Crippen MR) is 108 cm³/mol. The molecule has 2 aromatic carbocycles. The zero-order chi connectivity index (χ0) is 20.1. The topological polar surface area (TPSA) is 105 Å². The molecule has 0 radical (unpaired) electrons. The molecule has 28 heavy (non-hydrogen) atoms. The second-order valence-electron chi connectivity index (χ2n) is 6.64. The third-order valence-electron chi connectivity index (χ3n) is 4.68. The molecule has 148 valence electrons. The molecule has 1 aliphatic heterocycles. The van der Waals surface area contributed by atoms with Crippen LogP contribution in [0.3, 0.4) is 0 Å². The monoisotopic (exact) mass is 402 g/mol. The van der Waals surface area contributed by atoms with Gasteiger partial charge >= 0.3 is 0 Å². The van der Waals surface area contributed by atoms with E-state index in [4.69, 9.17) is 0 Å². The van der Waals surface area contributed by atoms with Gasteiger partial charge in [0.2, 0.25) is 10.0 Å². The molecule has 8 nitrogen and oxygen atoms in total. The highest BCUT2D eigenvalue weighted by molar-refractivity contribution is 7.89. The van der Waals surface area contributed by atoms with Gasteiger partial charge in [-0.3, -0.25) is 15.5 Å². The number of rotatable bonds is 7. The number of nitro benzene ring substituents is 1. The van der Waals surface area contributed by atoms with Crippen molar-refractivity contribution >= 4 is 27.6 Å². The number of nitro groups is 1. The van der Waals surface area contributed by atoms with Gasteiger partial charge in [0.1, 0.15) is 5.69 Å². The molecule has 1 saturated heterocycles. The summed E-state index contributed by atoms with van der Waals surface area (Å²) in [6, 6.07) is 13.6. The lowest BCUT2D eigenvalue weighted by atomic mass is 10.0. The highest BCUT2D eigenvalue weighted by Crippen LogP contribution is 2.30. The van der Waals surface area contributed by atoms with Crippen molar-refractivity contribution in [3.8, 4) is 0 Å². The first-order valence-corrected chi connectivity index (χ1v) is 10.5. The molecule has 0 aromatic heterocycles. The van der Waals surface area contributed by atoms with Gasteiger partial charge < -0.3 is 0 Å². The van der Waals surface area contributed by atoms with E-state index in [2.05, 4.69) is 10.5 Å². The lowest BCUT2D eigenvalue weighted by Crippen LogP contribution is -2.27. The second-order valence-corrected chi connectivity index (χ2v) is 8.57. The molecular formula is C19H22N4O4S. The molecule has 0 bridgehead atoms. The third-order valence-corrected chi connectivity index (χ3v) is 6.57. The SMILES string of the molecule is C[C@H](/C=N\Nc1ccc(S(=O)(=O)N2CCCC2)cc1[N+](=O)[O-])c1ccccc1. The summed E-state index contributed by atoms with van der Waals surface area (Å²) < 4.78 is 26.6. The van der Waals surface area contributed by atoms with E-state index in [0.717, 1.165) is 24.5 Å². The Labute approximate surface area is 164 Å². The van der Waals surface area contributed by atoms with Crippen LogP contribution in [0.2, 0.25) is 0 Å². The third kappa shape index (κ3) is 4.37. The molecule has 1 aliphatic rings. The van der Waals surface area contributed by atoms with Crippen LogP contribution in [-0.4, -0.2) is 37.0 Å². The fraction of sp³-hybridized carbons (Fsp3) is 0.316. The van der Waals surface area contributed by atoms with E-state index in [0.29, 0.717) is 13.1 Å². The number of benzene rings is 2. The molecule has 3 rings (SSSR count). The number of nitrogens with one attached hydrogen (secondary N) is 1. The van der Waals surface area contributed by atoms with Crippen LogP contribution >= 0.6 is 0 Å². The van der Waals surface area contributed by atoms with Crippen molar-refractivity contribution in [3.05, 3.63) is 64.2 Å². The van der Waals surface area contributed by atoms with Crippen molar-refractivity contribution < 1.29 is 13.3 Å². The van der Waals surface area contributed by atoms with Crippen molar-refractivity contribution in [3.63, 3.8) is 0 Å². The molecule has 1 fully saturated rings. The molecule has 0 amide bonds. The van der Waals surface area contributed by atoms with Crippen LogP contribution in [-0.2, 0) is 10.0 Å². The van der Waals surface area contributed by atoms with Crippen LogP contribution in [0.1, 0.15) is 31.2 Å². The minimum atomic E-state index is -3.72. The summed E-state index contributed by atoms with van der Waals surface area (Å²) in [6.07, 6.45) is 3.25. The molecule has 0 unspecified atom stereocenters. The lowest BCUT2D eigenvalue weighted by Gasteiger charge is -2.15. The Bertz CT molecular complexity index is 971. The van der Waals surface area contributed by atoms with Gasteiger partial charge in [0.25, 0.3) is 5.69 Å². The molecule has 0 spiro atoms. The number of hydrogen-bond donors (Lipinski definition) is 1. The van der Waals surface area contributed by atoms with Gasteiger partial charge in [-0.25, -0.2) is 8.42 Å². The van der Waals surface area contributed by atoms with Crippen molar-refractivity contribution in [2.45, 2.75) is 30.6 Å². The first kappa shape index (κ1) is 20.0. The van der Waals surface area contributed by atoms with Crippen molar-refractivity contribution in [1.82, 2.24) is 4.31 Å². The number of hydrazone groups is 1. The lowest BCUT2D eigenvalue weighted by molar-refractivity contribution is -0.384. The van der Waals surface area contributed by atoms with Gasteiger partial charge in [-0.1, -0.05) is 37.3 Å². The Kier molecular flexibility index (Phi) is 6.05. The molecule has 1 N–H and O–H groups in total. The van der Waals surface area contributed by atoms with Crippen molar-refractivity contribution in [2.24, 2.45) is 5.10 Å². The van der Waals surface area contributed by atoms with Gasteiger partial charge in [-0.15, -0.1) is 0 Å². The molecule has 1 heterocycles.